The molecule has 0 bridgehead atoms. The number of nitrogens with zero attached hydrogens (tertiary/aromatic N) is 3. The zero-order chi connectivity index (χ0) is 17.3. The van der Waals surface area contributed by atoms with Crippen LogP contribution in [0.1, 0.15) is 54.7 Å². The van der Waals surface area contributed by atoms with Gasteiger partial charge in [0.15, 0.2) is 0 Å². The SMILES string of the molecule is [2H]C1(C(C)C)CC(N2CCN(CC3CCN(C(C)C)CC3)CC2)C1. The summed E-state index contributed by atoms with van der Waals surface area (Å²) in [6, 6.07) is 1.41. The van der Waals surface area contributed by atoms with Gasteiger partial charge in [-0.2, -0.15) is 0 Å². The summed E-state index contributed by atoms with van der Waals surface area (Å²) in [7, 11) is 0. The Kier molecular flexibility index (Phi) is 5.58. The second kappa shape index (κ2) is 7.84. The van der Waals surface area contributed by atoms with Gasteiger partial charge in [0.2, 0.25) is 0 Å². The van der Waals surface area contributed by atoms with Crippen molar-refractivity contribution in [2.24, 2.45) is 17.7 Å². The lowest BCUT2D eigenvalue weighted by molar-refractivity contribution is 0.0125. The summed E-state index contributed by atoms with van der Waals surface area (Å²) in [5.74, 6) is 1.29. The van der Waals surface area contributed by atoms with Crippen molar-refractivity contribution < 1.29 is 1.37 Å². The van der Waals surface area contributed by atoms with Crippen LogP contribution in [0.2, 0.25) is 0 Å². The topological polar surface area (TPSA) is 9.72 Å². The van der Waals surface area contributed by atoms with Gasteiger partial charge in [-0.3, -0.25) is 4.90 Å². The number of likely N-dealkylation sites (tertiary alicyclic amines) is 1. The normalized spacial score (nSPS) is 36.4. The smallest absolute Gasteiger partial charge is 0.0306 e. The number of piperidine rings is 1. The fourth-order valence-corrected chi connectivity index (χ4v) is 4.60. The van der Waals surface area contributed by atoms with Crippen molar-refractivity contribution in [1.29, 1.82) is 0 Å². The molecular weight excluding hydrogens is 282 g/mol. The number of hydrogen-bond donors (Lipinski definition) is 0. The Bertz CT molecular complexity index is 390. The summed E-state index contributed by atoms with van der Waals surface area (Å²) in [4.78, 5) is 8.02. The molecule has 3 heteroatoms. The van der Waals surface area contributed by atoms with Crippen molar-refractivity contribution in [2.45, 2.75) is 65.5 Å². The van der Waals surface area contributed by atoms with E-state index in [-0.39, 0.29) is 5.89 Å². The Hall–Kier alpha value is -0.120. The largest absolute Gasteiger partial charge is 0.301 e. The van der Waals surface area contributed by atoms with Crippen LogP contribution < -0.4 is 0 Å². The van der Waals surface area contributed by atoms with Crippen molar-refractivity contribution in [1.82, 2.24) is 14.7 Å². The van der Waals surface area contributed by atoms with E-state index in [1.54, 1.807) is 0 Å². The lowest BCUT2D eigenvalue weighted by Crippen LogP contribution is -2.55. The third-order valence-electron chi connectivity index (χ3n) is 6.63. The maximum Gasteiger partial charge on any atom is 0.0306 e. The molecule has 0 radical (unpaired) electrons. The minimum absolute atomic E-state index is 0.133. The van der Waals surface area contributed by atoms with E-state index >= 15 is 0 Å². The van der Waals surface area contributed by atoms with Gasteiger partial charge in [0, 0.05) is 46.2 Å². The molecule has 2 aliphatic heterocycles. The first-order valence-electron chi connectivity index (χ1n) is 10.6. The van der Waals surface area contributed by atoms with Gasteiger partial charge in [-0.05, 0) is 70.4 Å². The molecule has 0 amide bonds. The van der Waals surface area contributed by atoms with Crippen LogP contribution in [0, 0.1) is 17.7 Å². The summed E-state index contributed by atoms with van der Waals surface area (Å²) in [5, 5.41) is 0. The van der Waals surface area contributed by atoms with Crippen LogP contribution in [-0.4, -0.2) is 72.6 Å². The number of piperazine rings is 1. The summed E-state index contributed by atoms with van der Waals surface area (Å²) in [6.45, 7) is 17.9. The second-order valence-corrected chi connectivity index (χ2v) is 8.78. The molecule has 2 saturated heterocycles. The third-order valence-corrected chi connectivity index (χ3v) is 6.63. The molecule has 0 aromatic rings. The summed E-state index contributed by atoms with van der Waals surface area (Å²) < 4.78 is 8.48. The molecule has 2 heterocycles. The standard InChI is InChI=1S/C20H39N3/c1-16(2)19-13-20(14-19)23-11-9-21(10-12-23)15-18-5-7-22(8-6-18)17(3)4/h16-20H,5-15H2,1-4H3/i19D. The van der Waals surface area contributed by atoms with Crippen molar-refractivity contribution in [3.63, 3.8) is 0 Å². The molecule has 3 nitrogen and oxygen atoms in total. The van der Waals surface area contributed by atoms with Crippen molar-refractivity contribution in [3.05, 3.63) is 0 Å². The quantitative estimate of drug-likeness (QED) is 0.770. The molecule has 1 aliphatic carbocycles. The summed E-state index contributed by atoms with van der Waals surface area (Å²) >= 11 is 0. The van der Waals surface area contributed by atoms with Crippen molar-refractivity contribution >= 4 is 0 Å². The minimum atomic E-state index is -0.133. The zero-order valence-electron chi connectivity index (χ0n) is 16.9. The molecule has 3 fully saturated rings. The average molecular weight is 323 g/mol. The van der Waals surface area contributed by atoms with E-state index in [1.807, 2.05) is 0 Å². The Morgan fingerprint density at radius 2 is 1.52 bits per heavy atom. The van der Waals surface area contributed by atoms with Crippen LogP contribution in [0.25, 0.3) is 0 Å². The van der Waals surface area contributed by atoms with Gasteiger partial charge < -0.3 is 9.80 Å². The summed E-state index contributed by atoms with van der Waals surface area (Å²) in [5.41, 5.74) is 0. The first kappa shape index (κ1) is 16.4. The van der Waals surface area contributed by atoms with E-state index < -0.39 is 0 Å². The molecule has 134 valence electrons. The second-order valence-electron chi connectivity index (χ2n) is 8.78. The average Bonchev–Trinajstić information content (AvgIpc) is 2.53. The predicted molar refractivity (Wildman–Crippen MR) is 98.8 cm³/mol. The lowest BCUT2D eigenvalue weighted by Gasteiger charge is -2.48. The molecule has 3 aliphatic rings. The molecule has 0 atom stereocenters. The highest BCUT2D eigenvalue weighted by atomic mass is 15.3. The van der Waals surface area contributed by atoms with Gasteiger partial charge in [0.1, 0.15) is 0 Å². The number of hydrogen-bond acceptors (Lipinski definition) is 3. The van der Waals surface area contributed by atoms with Crippen molar-refractivity contribution in [2.75, 3.05) is 45.8 Å². The van der Waals surface area contributed by atoms with Crippen LogP contribution in [0.3, 0.4) is 0 Å². The molecule has 3 rings (SSSR count). The van der Waals surface area contributed by atoms with Crippen LogP contribution in [0.4, 0.5) is 0 Å². The zero-order valence-corrected chi connectivity index (χ0v) is 15.9. The Balaban J connectivity index is 1.35. The van der Waals surface area contributed by atoms with Crippen molar-refractivity contribution in [3.8, 4) is 0 Å². The van der Waals surface area contributed by atoms with Crippen LogP contribution in [0.5, 0.6) is 0 Å². The fraction of sp³-hybridized carbons (Fsp3) is 1.00. The maximum atomic E-state index is 8.48. The van der Waals surface area contributed by atoms with Gasteiger partial charge in [0.05, 0.1) is 0 Å². The van der Waals surface area contributed by atoms with Gasteiger partial charge in [-0.15, -0.1) is 0 Å². The monoisotopic (exact) mass is 322 g/mol. The Morgan fingerprint density at radius 3 is 2.04 bits per heavy atom. The predicted octanol–water partition coefficient (Wildman–Crippen LogP) is 3.16. The van der Waals surface area contributed by atoms with Gasteiger partial charge in [-0.1, -0.05) is 13.8 Å². The summed E-state index contributed by atoms with van der Waals surface area (Å²) in [6.07, 6.45) is 4.96. The first-order chi connectivity index (χ1) is 11.4. The Morgan fingerprint density at radius 1 is 0.913 bits per heavy atom. The van der Waals surface area contributed by atoms with E-state index in [1.165, 1.54) is 58.7 Å². The molecular formula is C20H39N3. The van der Waals surface area contributed by atoms with Gasteiger partial charge in [0.25, 0.3) is 0 Å². The van der Waals surface area contributed by atoms with E-state index in [2.05, 4.69) is 42.4 Å². The molecule has 23 heavy (non-hydrogen) atoms. The minimum Gasteiger partial charge on any atom is -0.301 e. The third kappa shape index (κ3) is 4.49. The van der Waals surface area contributed by atoms with E-state index in [9.17, 15) is 0 Å². The van der Waals surface area contributed by atoms with Gasteiger partial charge in [-0.25, -0.2) is 0 Å². The van der Waals surface area contributed by atoms with Gasteiger partial charge >= 0.3 is 0 Å². The van der Waals surface area contributed by atoms with E-state index in [0.29, 0.717) is 18.0 Å². The fourth-order valence-electron chi connectivity index (χ4n) is 4.60. The number of rotatable bonds is 5. The highest BCUT2D eigenvalue weighted by Gasteiger charge is 2.36. The molecule has 0 unspecified atom stereocenters. The van der Waals surface area contributed by atoms with Crippen LogP contribution in [-0.2, 0) is 0 Å². The molecule has 0 aromatic heterocycles. The molecule has 0 aromatic carbocycles. The highest BCUT2D eigenvalue weighted by Crippen LogP contribution is 2.37. The molecule has 1 saturated carbocycles. The molecule has 0 spiro atoms. The first-order valence-corrected chi connectivity index (χ1v) is 10.1. The molecule has 0 N–H and O–H groups in total. The van der Waals surface area contributed by atoms with Crippen LogP contribution >= 0.6 is 0 Å². The van der Waals surface area contributed by atoms with E-state index in [0.717, 1.165) is 18.8 Å². The van der Waals surface area contributed by atoms with E-state index in [4.69, 9.17) is 1.37 Å². The highest BCUT2D eigenvalue weighted by molar-refractivity contribution is 4.91. The Labute approximate surface area is 145 Å². The van der Waals surface area contributed by atoms with Crippen LogP contribution in [0.15, 0.2) is 0 Å². The lowest BCUT2D eigenvalue weighted by atomic mass is 9.73. The maximum absolute atomic E-state index is 8.48.